The molecule has 25 heavy (non-hydrogen) atoms. The molecule has 0 unspecified atom stereocenters. The fraction of sp³-hybridized carbons (Fsp3) is 0.190. The minimum Gasteiger partial charge on any atom is -0.488 e. The van der Waals surface area contributed by atoms with Crippen molar-refractivity contribution in [2.45, 2.75) is 19.2 Å². The van der Waals surface area contributed by atoms with Crippen molar-refractivity contribution >= 4 is 16.7 Å². The first-order valence-electron chi connectivity index (χ1n) is 8.52. The van der Waals surface area contributed by atoms with Gasteiger partial charge in [0.15, 0.2) is 0 Å². The monoisotopic (exact) mass is 332 g/mol. The van der Waals surface area contributed by atoms with Crippen molar-refractivity contribution < 1.29 is 9.53 Å². The molecule has 1 aliphatic heterocycles. The van der Waals surface area contributed by atoms with Gasteiger partial charge in [-0.2, -0.15) is 0 Å². The van der Waals surface area contributed by atoms with Crippen LogP contribution in [-0.2, 0) is 11.4 Å². The highest BCUT2D eigenvalue weighted by Crippen LogP contribution is 2.33. The van der Waals surface area contributed by atoms with E-state index in [-0.39, 0.29) is 12.1 Å². The fourth-order valence-corrected chi connectivity index (χ4v) is 3.22. The highest BCUT2D eigenvalue weighted by Gasteiger charge is 2.24. The van der Waals surface area contributed by atoms with Gasteiger partial charge in [0.2, 0.25) is 5.91 Å². The third-order valence-electron chi connectivity index (χ3n) is 4.46. The molecule has 0 spiro atoms. The van der Waals surface area contributed by atoms with Crippen LogP contribution in [0.2, 0.25) is 0 Å². The second kappa shape index (κ2) is 6.95. The average Bonchev–Trinajstić information content (AvgIpc) is 2.66. The summed E-state index contributed by atoms with van der Waals surface area (Å²) in [5, 5.41) is 8.64. The van der Waals surface area contributed by atoms with Gasteiger partial charge in [0, 0.05) is 18.5 Å². The molecule has 0 bridgehead atoms. The van der Waals surface area contributed by atoms with Gasteiger partial charge in [-0.1, -0.05) is 60.7 Å². The number of hydrogen-bond donors (Lipinski definition) is 2. The summed E-state index contributed by atoms with van der Waals surface area (Å²) in [4.78, 5) is 11.9. The fourth-order valence-electron chi connectivity index (χ4n) is 3.22. The molecule has 3 aromatic carbocycles. The molecule has 2 N–H and O–H groups in total. The molecular weight excluding hydrogens is 312 g/mol. The zero-order chi connectivity index (χ0) is 17.1. The predicted octanol–water partition coefficient (Wildman–Crippen LogP) is 3.53. The summed E-state index contributed by atoms with van der Waals surface area (Å²) < 4.78 is 6.13. The largest absolute Gasteiger partial charge is 0.488 e. The van der Waals surface area contributed by atoms with E-state index >= 15 is 0 Å². The van der Waals surface area contributed by atoms with Crippen LogP contribution in [0.3, 0.4) is 0 Å². The number of carbonyl (C=O) groups is 1. The highest BCUT2D eigenvalue weighted by molar-refractivity contribution is 5.89. The van der Waals surface area contributed by atoms with E-state index in [0.29, 0.717) is 19.6 Å². The van der Waals surface area contributed by atoms with Crippen molar-refractivity contribution in [2.75, 3.05) is 6.54 Å². The van der Waals surface area contributed by atoms with Gasteiger partial charge in [-0.15, -0.1) is 0 Å². The molecule has 1 fully saturated rings. The first-order chi connectivity index (χ1) is 12.3. The number of fused-ring (bicyclic) bond motifs is 1. The summed E-state index contributed by atoms with van der Waals surface area (Å²) in [6.07, 6.45) is 0.264. The maximum absolute atomic E-state index is 11.9. The van der Waals surface area contributed by atoms with Crippen LogP contribution in [0.4, 0.5) is 0 Å². The SMILES string of the molecule is O=C1CCN[C@@H](c2c(OCc3ccccc3)ccc3ccccc23)N1. The van der Waals surface area contributed by atoms with E-state index < -0.39 is 0 Å². The Hall–Kier alpha value is -2.85. The number of ether oxygens (including phenoxy) is 1. The summed E-state index contributed by atoms with van der Waals surface area (Å²) in [6.45, 7) is 1.16. The van der Waals surface area contributed by atoms with E-state index in [9.17, 15) is 4.79 Å². The molecule has 0 aromatic heterocycles. The Morgan fingerprint density at radius 2 is 1.76 bits per heavy atom. The van der Waals surface area contributed by atoms with Crippen LogP contribution >= 0.6 is 0 Å². The molecule has 0 radical (unpaired) electrons. The van der Waals surface area contributed by atoms with Gasteiger partial charge >= 0.3 is 0 Å². The van der Waals surface area contributed by atoms with Crippen molar-refractivity contribution in [1.29, 1.82) is 0 Å². The number of hydrogen-bond acceptors (Lipinski definition) is 3. The Kier molecular flexibility index (Phi) is 4.36. The van der Waals surface area contributed by atoms with Crippen molar-refractivity contribution in [3.05, 3.63) is 77.9 Å². The Bertz CT molecular complexity index is 893. The van der Waals surface area contributed by atoms with E-state index in [1.807, 2.05) is 48.5 Å². The molecule has 0 aliphatic carbocycles. The summed E-state index contributed by atoms with van der Waals surface area (Å²) in [5.74, 6) is 0.855. The van der Waals surface area contributed by atoms with Gasteiger partial charge in [-0.05, 0) is 22.4 Å². The smallest absolute Gasteiger partial charge is 0.222 e. The summed E-state index contributed by atoms with van der Waals surface area (Å²) in [6, 6.07) is 22.3. The minimum atomic E-state index is -0.238. The van der Waals surface area contributed by atoms with E-state index in [1.165, 1.54) is 0 Å². The number of rotatable bonds is 4. The first-order valence-corrected chi connectivity index (χ1v) is 8.52. The maximum atomic E-state index is 11.9. The van der Waals surface area contributed by atoms with Gasteiger partial charge in [0.05, 0.1) is 0 Å². The third-order valence-corrected chi connectivity index (χ3v) is 4.46. The number of benzene rings is 3. The average molecular weight is 332 g/mol. The molecule has 4 heteroatoms. The highest BCUT2D eigenvalue weighted by atomic mass is 16.5. The molecule has 0 saturated carbocycles. The lowest BCUT2D eigenvalue weighted by atomic mass is 10.00. The van der Waals surface area contributed by atoms with Gasteiger partial charge in [-0.25, -0.2) is 0 Å². The van der Waals surface area contributed by atoms with Crippen LogP contribution in [0.5, 0.6) is 5.75 Å². The molecular formula is C21H20N2O2. The molecule has 1 atom stereocenters. The molecule has 4 rings (SSSR count). The van der Waals surface area contributed by atoms with Crippen LogP contribution in [0, 0.1) is 0 Å². The van der Waals surface area contributed by atoms with E-state index in [4.69, 9.17) is 4.74 Å². The third kappa shape index (κ3) is 3.35. The molecule has 1 amide bonds. The molecule has 1 heterocycles. The second-order valence-corrected chi connectivity index (χ2v) is 6.18. The lowest BCUT2D eigenvalue weighted by Gasteiger charge is -2.28. The second-order valence-electron chi connectivity index (χ2n) is 6.18. The zero-order valence-corrected chi connectivity index (χ0v) is 13.9. The molecule has 126 valence electrons. The number of nitrogens with one attached hydrogen (secondary N) is 2. The first kappa shape index (κ1) is 15.7. The number of carbonyl (C=O) groups excluding carboxylic acids is 1. The summed E-state index contributed by atoms with van der Waals surface area (Å²) in [7, 11) is 0. The van der Waals surface area contributed by atoms with E-state index in [1.54, 1.807) is 0 Å². The van der Waals surface area contributed by atoms with E-state index in [0.717, 1.165) is 27.6 Å². The molecule has 3 aromatic rings. The molecule has 1 aliphatic rings. The summed E-state index contributed by atoms with van der Waals surface area (Å²) in [5.41, 5.74) is 2.10. The van der Waals surface area contributed by atoms with Gasteiger partial charge in [-0.3, -0.25) is 10.1 Å². The Morgan fingerprint density at radius 3 is 2.60 bits per heavy atom. The predicted molar refractivity (Wildman–Crippen MR) is 98.2 cm³/mol. The molecule has 1 saturated heterocycles. The Labute approximate surface area is 146 Å². The van der Waals surface area contributed by atoms with Crippen molar-refractivity contribution in [1.82, 2.24) is 10.6 Å². The van der Waals surface area contributed by atoms with Crippen LogP contribution in [-0.4, -0.2) is 12.5 Å². The zero-order valence-electron chi connectivity index (χ0n) is 13.9. The van der Waals surface area contributed by atoms with Crippen molar-refractivity contribution in [2.24, 2.45) is 0 Å². The Balaban J connectivity index is 1.72. The van der Waals surface area contributed by atoms with E-state index in [2.05, 4.69) is 28.8 Å². The van der Waals surface area contributed by atoms with Gasteiger partial charge < -0.3 is 10.1 Å². The van der Waals surface area contributed by atoms with Gasteiger partial charge in [0.25, 0.3) is 0 Å². The minimum absolute atomic E-state index is 0.0608. The van der Waals surface area contributed by atoms with Crippen LogP contribution in [0.15, 0.2) is 66.7 Å². The van der Waals surface area contributed by atoms with Crippen LogP contribution in [0.1, 0.15) is 23.7 Å². The lowest BCUT2D eigenvalue weighted by molar-refractivity contribution is -0.123. The van der Waals surface area contributed by atoms with Crippen LogP contribution in [0.25, 0.3) is 10.8 Å². The van der Waals surface area contributed by atoms with Crippen LogP contribution < -0.4 is 15.4 Å². The quantitative estimate of drug-likeness (QED) is 0.768. The maximum Gasteiger partial charge on any atom is 0.222 e. The summed E-state index contributed by atoms with van der Waals surface area (Å²) >= 11 is 0. The van der Waals surface area contributed by atoms with Crippen molar-refractivity contribution in [3.8, 4) is 5.75 Å². The molecule has 4 nitrogen and oxygen atoms in total. The standard InChI is InChI=1S/C21H20N2O2/c24-19-12-13-22-21(23-19)20-17-9-5-4-8-16(17)10-11-18(20)25-14-15-6-2-1-3-7-15/h1-11,21-22H,12-14H2,(H,23,24)/t21-/m1/s1. The van der Waals surface area contributed by atoms with Crippen molar-refractivity contribution in [3.63, 3.8) is 0 Å². The van der Waals surface area contributed by atoms with Gasteiger partial charge in [0.1, 0.15) is 18.5 Å². The lowest BCUT2D eigenvalue weighted by Crippen LogP contribution is -2.45. The normalized spacial score (nSPS) is 17.3. The topological polar surface area (TPSA) is 50.4 Å². The Morgan fingerprint density at radius 1 is 0.960 bits per heavy atom. The number of amides is 1.